The van der Waals surface area contributed by atoms with Crippen LogP contribution in [0.25, 0.3) is 0 Å². The van der Waals surface area contributed by atoms with Crippen LogP contribution in [0.4, 0.5) is 0 Å². The Balaban J connectivity index is 3.18. The molecule has 0 saturated heterocycles. The Kier molecular flexibility index (Phi) is 14.5. The van der Waals surface area contributed by atoms with Gasteiger partial charge in [-0.2, -0.15) is 5.10 Å². The lowest BCUT2D eigenvalue weighted by atomic mass is 10.1. The fraction of sp³-hybridized carbons (Fsp3) is 0.875. The molecule has 0 aromatic carbocycles. The third-order valence-electron chi connectivity index (χ3n) is 3.21. The van der Waals surface area contributed by atoms with Crippen LogP contribution in [0.3, 0.4) is 0 Å². The highest BCUT2D eigenvalue weighted by Gasteiger charge is 1.98. The number of carbonyl (C=O) groups is 1. The fourth-order valence-corrected chi connectivity index (χ4v) is 1.96. The molecule has 0 spiro atoms. The maximum atomic E-state index is 11.4. The summed E-state index contributed by atoms with van der Waals surface area (Å²) in [4.78, 5) is 11.4. The molecule has 0 aliphatic rings. The summed E-state index contributed by atoms with van der Waals surface area (Å²) in [5.41, 5.74) is 2.57. The maximum absolute atomic E-state index is 11.4. The predicted molar refractivity (Wildman–Crippen MR) is 83.4 cm³/mol. The molecule has 1 N–H and O–H groups in total. The molecule has 0 aliphatic heterocycles. The van der Waals surface area contributed by atoms with Gasteiger partial charge in [0.25, 0.3) is 0 Å². The van der Waals surface area contributed by atoms with E-state index in [4.69, 9.17) is 0 Å². The molecule has 0 saturated carbocycles. The second kappa shape index (κ2) is 15.2. The van der Waals surface area contributed by atoms with Crippen LogP contribution in [0.5, 0.6) is 0 Å². The van der Waals surface area contributed by atoms with E-state index in [0.29, 0.717) is 6.42 Å². The second-order valence-electron chi connectivity index (χ2n) is 5.21. The molecule has 0 heterocycles. The van der Waals surface area contributed by atoms with Crippen LogP contribution < -0.4 is 5.43 Å². The van der Waals surface area contributed by atoms with Gasteiger partial charge < -0.3 is 0 Å². The summed E-state index contributed by atoms with van der Waals surface area (Å²) < 4.78 is 0. The molecule has 0 atom stereocenters. The lowest BCUT2D eigenvalue weighted by molar-refractivity contribution is -0.121. The third-order valence-corrected chi connectivity index (χ3v) is 3.21. The van der Waals surface area contributed by atoms with Crippen LogP contribution in [-0.4, -0.2) is 12.1 Å². The van der Waals surface area contributed by atoms with Crippen LogP contribution >= 0.6 is 0 Å². The Morgan fingerprint density at radius 3 is 2.05 bits per heavy atom. The van der Waals surface area contributed by atoms with Gasteiger partial charge in [0.1, 0.15) is 0 Å². The molecule has 0 fully saturated rings. The van der Waals surface area contributed by atoms with Gasteiger partial charge in [-0.15, -0.1) is 0 Å². The Morgan fingerprint density at radius 1 is 0.895 bits per heavy atom. The first-order chi connectivity index (χ1) is 9.31. The molecular weight excluding hydrogens is 236 g/mol. The Hall–Kier alpha value is -0.860. The first kappa shape index (κ1) is 18.1. The minimum Gasteiger partial charge on any atom is -0.273 e. The molecule has 1 amide bonds. The van der Waals surface area contributed by atoms with Gasteiger partial charge in [0, 0.05) is 12.6 Å². The predicted octanol–water partition coefficient (Wildman–Crippen LogP) is 4.81. The van der Waals surface area contributed by atoms with Gasteiger partial charge in [-0.1, -0.05) is 71.6 Å². The molecule has 19 heavy (non-hydrogen) atoms. The highest BCUT2D eigenvalue weighted by atomic mass is 16.2. The summed E-state index contributed by atoms with van der Waals surface area (Å²) in [5.74, 6) is 0.0512. The molecule has 3 heteroatoms. The molecule has 3 nitrogen and oxygen atoms in total. The minimum absolute atomic E-state index is 0.0512. The summed E-state index contributed by atoms with van der Waals surface area (Å²) >= 11 is 0. The number of unbranched alkanes of at least 4 members (excludes halogenated alkanes) is 9. The zero-order chi connectivity index (χ0) is 14.2. The molecule has 0 bridgehead atoms. The molecule has 0 aliphatic carbocycles. The van der Waals surface area contributed by atoms with E-state index < -0.39 is 0 Å². The van der Waals surface area contributed by atoms with Gasteiger partial charge in [-0.25, -0.2) is 5.43 Å². The van der Waals surface area contributed by atoms with Gasteiger partial charge >= 0.3 is 0 Å². The Bertz CT molecular complexity index is 227. The molecule has 0 aromatic heterocycles. The van der Waals surface area contributed by atoms with Crippen molar-refractivity contribution in [3.05, 3.63) is 0 Å². The van der Waals surface area contributed by atoms with Crippen molar-refractivity contribution in [2.24, 2.45) is 5.10 Å². The summed E-state index contributed by atoms with van der Waals surface area (Å²) in [5, 5.41) is 3.89. The van der Waals surface area contributed by atoms with Crippen LogP contribution in [0.2, 0.25) is 0 Å². The number of nitrogens with one attached hydrogen (secondary N) is 1. The monoisotopic (exact) mass is 268 g/mol. The van der Waals surface area contributed by atoms with Crippen molar-refractivity contribution in [3.8, 4) is 0 Å². The molecule has 0 rings (SSSR count). The topological polar surface area (TPSA) is 41.5 Å². The number of hydrazone groups is 1. The first-order valence-electron chi connectivity index (χ1n) is 8.11. The summed E-state index contributed by atoms with van der Waals surface area (Å²) in [6.07, 6.45) is 15.9. The average Bonchev–Trinajstić information content (AvgIpc) is 2.42. The van der Waals surface area contributed by atoms with E-state index in [1.54, 1.807) is 6.21 Å². The third kappa shape index (κ3) is 15.1. The van der Waals surface area contributed by atoms with E-state index >= 15 is 0 Å². The zero-order valence-corrected chi connectivity index (χ0v) is 12.9. The standard InChI is InChI=1S/C16H32N2O/c1-3-5-7-8-9-10-11-12-13-14-16(19)18-17-15-6-4-2/h15H,3-14H2,1-2H3,(H,18,19)/b17-15+. The van der Waals surface area contributed by atoms with Gasteiger partial charge in [0.2, 0.25) is 5.91 Å². The van der Waals surface area contributed by atoms with E-state index in [9.17, 15) is 4.79 Å². The lowest BCUT2D eigenvalue weighted by Crippen LogP contribution is -2.16. The molecule has 0 radical (unpaired) electrons. The molecule has 112 valence electrons. The van der Waals surface area contributed by atoms with E-state index in [2.05, 4.69) is 24.4 Å². The Morgan fingerprint density at radius 2 is 1.47 bits per heavy atom. The van der Waals surface area contributed by atoms with Gasteiger partial charge in [0.05, 0.1) is 0 Å². The van der Waals surface area contributed by atoms with Crippen LogP contribution in [0, 0.1) is 0 Å². The van der Waals surface area contributed by atoms with Crippen LogP contribution in [0.1, 0.15) is 90.9 Å². The number of rotatable bonds is 13. The van der Waals surface area contributed by atoms with Crippen molar-refractivity contribution in [3.63, 3.8) is 0 Å². The van der Waals surface area contributed by atoms with E-state index in [1.807, 2.05) is 0 Å². The lowest BCUT2D eigenvalue weighted by Gasteiger charge is -2.02. The first-order valence-corrected chi connectivity index (χ1v) is 8.11. The zero-order valence-electron chi connectivity index (χ0n) is 12.9. The Labute approximate surface area is 119 Å². The molecule has 0 unspecified atom stereocenters. The quantitative estimate of drug-likeness (QED) is 0.291. The van der Waals surface area contributed by atoms with Gasteiger partial charge in [-0.05, 0) is 12.8 Å². The SMILES string of the molecule is CCC/C=N/NC(=O)CCCCCCCCCCC. The van der Waals surface area contributed by atoms with Crippen molar-refractivity contribution >= 4 is 12.1 Å². The number of nitrogens with zero attached hydrogens (tertiary/aromatic N) is 1. The highest BCUT2D eigenvalue weighted by Crippen LogP contribution is 2.10. The van der Waals surface area contributed by atoms with E-state index in [-0.39, 0.29) is 5.91 Å². The summed E-state index contributed by atoms with van der Waals surface area (Å²) in [7, 11) is 0. The fourth-order valence-electron chi connectivity index (χ4n) is 1.96. The minimum atomic E-state index is 0.0512. The molecular formula is C16H32N2O. The normalized spacial score (nSPS) is 11.1. The molecule has 0 aromatic rings. The smallest absolute Gasteiger partial charge is 0.240 e. The number of hydrogen-bond acceptors (Lipinski definition) is 2. The van der Waals surface area contributed by atoms with Crippen LogP contribution in [-0.2, 0) is 4.79 Å². The maximum Gasteiger partial charge on any atom is 0.240 e. The van der Waals surface area contributed by atoms with Gasteiger partial charge in [-0.3, -0.25) is 4.79 Å². The second-order valence-corrected chi connectivity index (χ2v) is 5.21. The highest BCUT2D eigenvalue weighted by molar-refractivity contribution is 5.76. The summed E-state index contributed by atoms with van der Waals surface area (Å²) in [6.45, 7) is 4.34. The number of carbonyl (C=O) groups excluding carboxylic acids is 1. The van der Waals surface area contributed by atoms with Crippen molar-refractivity contribution < 1.29 is 4.79 Å². The summed E-state index contributed by atoms with van der Waals surface area (Å²) in [6, 6.07) is 0. The van der Waals surface area contributed by atoms with Crippen molar-refractivity contribution in [1.82, 2.24) is 5.43 Å². The number of hydrogen-bond donors (Lipinski definition) is 1. The van der Waals surface area contributed by atoms with Crippen LogP contribution in [0.15, 0.2) is 5.10 Å². The average molecular weight is 268 g/mol. The van der Waals surface area contributed by atoms with E-state index in [0.717, 1.165) is 19.3 Å². The number of amides is 1. The van der Waals surface area contributed by atoms with Crippen molar-refractivity contribution in [1.29, 1.82) is 0 Å². The van der Waals surface area contributed by atoms with Crippen molar-refractivity contribution in [2.45, 2.75) is 90.9 Å². The van der Waals surface area contributed by atoms with E-state index in [1.165, 1.54) is 51.4 Å². The largest absolute Gasteiger partial charge is 0.273 e. The van der Waals surface area contributed by atoms with Gasteiger partial charge in [0.15, 0.2) is 0 Å². The van der Waals surface area contributed by atoms with Crippen molar-refractivity contribution in [2.75, 3.05) is 0 Å².